The van der Waals surface area contributed by atoms with Crippen molar-refractivity contribution in [2.45, 2.75) is 0 Å². The number of nitrogens with zero attached hydrogens (tertiary/aromatic N) is 3. The summed E-state index contributed by atoms with van der Waals surface area (Å²) in [5.41, 5.74) is 2.47. The van der Waals surface area contributed by atoms with E-state index >= 15 is 0 Å². The summed E-state index contributed by atoms with van der Waals surface area (Å²) in [6, 6.07) is 14.7. The van der Waals surface area contributed by atoms with Crippen LogP contribution in [0.3, 0.4) is 0 Å². The van der Waals surface area contributed by atoms with Crippen LogP contribution in [0.4, 0.5) is 10.1 Å². The molecule has 6 heteroatoms. The highest BCUT2D eigenvalue weighted by molar-refractivity contribution is 6.04. The van der Waals surface area contributed by atoms with Gasteiger partial charge in [0.25, 0.3) is 5.91 Å². The van der Waals surface area contributed by atoms with Crippen molar-refractivity contribution >= 4 is 17.4 Å². The fourth-order valence-corrected chi connectivity index (χ4v) is 2.56. The summed E-state index contributed by atoms with van der Waals surface area (Å²) in [6.07, 6.45) is 5.42. The first-order chi connectivity index (χ1) is 12.2. The van der Waals surface area contributed by atoms with Crippen molar-refractivity contribution in [3.8, 4) is 11.3 Å². The Morgan fingerprint density at radius 3 is 2.80 bits per heavy atom. The zero-order valence-electron chi connectivity index (χ0n) is 13.1. The highest BCUT2D eigenvalue weighted by Crippen LogP contribution is 2.22. The molecule has 0 fully saturated rings. The predicted molar refractivity (Wildman–Crippen MR) is 92.8 cm³/mol. The van der Waals surface area contributed by atoms with Gasteiger partial charge in [0, 0.05) is 35.4 Å². The van der Waals surface area contributed by atoms with Gasteiger partial charge >= 0.3 is 0 Å². The van der Waals surface area contributed by atoms with Crippen LogP contribution in [0.5, 0.6) is 0 Å². The Morgan fingerprint density at radius 1 is 1.08 bits per heavy atom. The molecule has 0 aliphatic heterocycles. The molecule has 0 spiro atoms. The van der Waals surface area contributed by atoms with E-state index in [0.717, 1.165) is 11.3 Å². The maximum Gasteiger partial charge on any atom is 0.255 e. The molecule has 0 atom stereocenters. The van der Waals surface area contributed by atoms with E-state index in [0.29, 0.717) is 11.5 Å². The molecule has 0 bridgehead atoms. The number of hydrogen-bond donors (Lipinski definition) is 1. The van der Waals surface area contributed by atoms with E-state index in [-0.39, 0.29) is 11.5 Å². The summed E-state index contributed by atoms with van der Waals surface area (Å²) < 4.78 is 15.1. The van der Waals surface area contributed by atoms with Crippen LogP contribution in [0.1, 0.15) is 10.4 Å². The second-order valence-electron chi connectivity index (χ2n) is 5.50. The van der Waals surface area contributed by atoms with Gasteiger partial charge in [-0.2, -0.15) is 0 Å². The van der Waals surface area contributed by atoms with Crippen molar-refractivity contribution < 1.29 is 9.18 Å². The Hall–Kier alpha value is -3.54. The fraction of sp³-hybridized carbons (Fsp3) is 0. The van der Waals surface area contributed by atoms with E-state index < -0.39 is 5.82 Å². The molecule has 122 valence electrons. The lowest BCUT2D eigenvalue weighted by Crippen LogP contribution is -2.12. The molecular formula is C19H13FN4O. The molecule has 1 N–H and O–H groups in total. The first kappa shape index (κ1) is 15.0. The van der Waals surface area contributed by atoms with Gasteiger partial charge in [0.1, 0.15) is 5.82 Å². The molecule has 0 aliphatic rings. The second kappa shape index (κ2) is 6.16. The predicted octanol–water partition coefficient (Wildman–Crippen LogP) is 3.79. The van der Waals surface area contributed by atoms with Gasteiger partial charge in [0.2, 0.25) is 5.78 Å². The molecule has 0 radical (unpaired) electrons. The van der Waals surface area contributed by atoms with Gasteiger partial charge in [-0.15, -0.1) is 0 Å². The number of carbonyl (C=O) groups excluding carboxylic acids is 1. The lowest BCUT2D eigenvalue weighted by molar-refractivity contribution is 0.102. The number of nitrogens with one attached hydrogen (secondary N) is 1. The Morgan fingerprint density at radius 2 is 1.96 bits per heavy atom. The zero-order valence-corrected chi connectivity index (χ0v) is 13.1. The number of amides is 1. The largest absolute Gasteiger partial charge is 0.322 e. The minimum atomic E-state index is -0.446. The number of fused-ring (bicyclic) bond motifs is 1. The van der Waals surface area contributed by atoms with Crippen molar-refractivity contribution in [3.63, 3.8) is 0 Å². The summed E-state index contributed by atoms with van der Waals surface area (Å²) >= 11 is 0. The molecule has 1 amide bonds. The Bertz CT molecular complexity index is 1040. The minimum Gasteiger partial charge on any atom is -0.322 e. The lowest BCUT2D eigenvalue weighted by Gasteiger charge is -2.06. The molecule has 4 aromatic rings. The van der Waals surface area contributed by atoms with E-state index in [1.165, 1.54) is 18.2 Å². The maximum absolute atomic E-state index is 13.3. The van der Waals surface area contributed by atoms with Crippen LogP contribution >= 0.6 is 0 Å². The van der Waals surface area contributed by atoms with Crippen molar-refractivity contribution in [1.29, 1.82) is 0 Å². The third-order valence-electron chi connectivity index (χ3n) is 3.74. The summed E-state index contributed by atoms with van der Waals surface area (Å²) in [5, 5.41) is 2.77. The summed E-state index contributed by atoms with van der Waals surface area (Å²) in [4.78, 5) is 20.9. The average Bonchev–Trinajstić information content (AvgIpc) is 3.06. The van der Waals surface area contributed by atoms with Crippen LogP contribution in [-0.4, -0.2) is 20.3 Å². The molecule has 0 aliphatic carbocycles. The van der Waals surface area contributed by atoms with E-state index in [9.17, 15) is 9.18 Å². The van der Waals surface area contributed by atoms with Gasteiger partial charge in [-0.05, 0) is 36.4 Å². The first-order valence-corrected chi connectivity index (χ1v) is 7.66. The minimum absolute atomic E-state index is 0.266. The summed E-state index contributed by atoms with van der Waals surface area (Å²) in [6.45, 7) is 0. The molecule has 2 heterocycles. The third-order valence-corrected chi connectivity index (χ3v) is 3.74. The number of halogens is 1. The first-order valence-electron chi connectivity index (χ1n) is 7.66. The van der Waals surface area contributed by atoms with Crippen LogP contribution in [0, 0.1) is 5.82 Å². The van der Waals surface area contributed by atoms with Crippen molar-refractivity contribution in [3.05, 3.63) is 84.6 Å². The second-order valence-corrected chi connectivity index (χ2v) is 5.50. The quantitative estimate of drug-likeness (QED) is 0.621. The molecule has 0 saturated heterocycles. The van der Waals surface area contributed by atoms with Gasteiger partial charge in [0.05, 0.1) is 5.69 Å². The molecule has 2 aromatic heterocycles. The lowest BCUT2D eigenvalue weighted by atomic mass is 10.1. The SMILES string of the molecule is O=C(Nc1cccc(-c2cn3cccnc3n2)c1)c1cccc(F)c1. The number of imidazole rings is 1. The van der Waals surface area contributed by atoms with E-state index in [1.807, 2.05) is 41.1 Å². The number of benzene rings is 2. The smallest absolute Gasteiger partial charge is 0.255 e. The van der Waals surface area contributed by atoms with Crippen LogP contribution in [-0.2, 0) is 0 Å². The number of aromatic nitrogens is 3. The number of hydrogen-bond acceptors (Lipinski definition) is 3. The summed E-state index contributed by atoms with van der Waals surface area (Å²) in [5.74, 6) is -0.210. The normalized spacial score (nSPS) is 10.8. The molecule has 5 nitrogen and oxygen atoms in total. The molecule has 2 aromatic carbocycles. The molecule has 4 rings (SSSR count). The van der Waals surface area contributed by atoms with E-state index in [2.05, 4.69) is 15.3 Å². The maximum atomic E-state index is 13.3. The van der Waals surface area contributed by atoms with Crippen molar-refractivity contribution in [2.24, 2.45) is 0 Å². The number of carbonyl (C=O) groups is 1. The molecule has 25 heavy (non-hydrogen) atoms. The molecule has 0 unspecified atom stereocenters. The van der Waals surface area contributed by atoms with Gasteiger partial charge in [-0.3, -0.25) is 9.20 Å². The summed E-state index contributed by atoms with van der Waals surface area (Å²) in [7, 11) is 0. The number of rotatable bonds is 3. The van der Waals surface area contributed by atoms with Gasteiger partial charge in [-0.1, -0.05) is 18.2 Å². The highest BCUT2D eigenvalue weighted by Gasteiger charge is 2.09. The van der Waals surface area contributed by atoms with Gasteiger partial charge in [0.15, 0.2) is 0 Å². The molecule has 0 saturated carbocycles. The Labute approximate surface area is 142 Å². The van der Waals surface area contributed by atoms with Crippen LogP contribution < -0.4 is 5.32 Å². The van der Waals surface area contributed by atoms with Gasteiger partial charge < -0.3 is 5.32 Å². The monoisotopic (exact) mass is 332 g/mol. The fourth-order valence-electron chi connectivity index (χ4n) is 2.56. The molecular weight excluding hydrogens is 319 g/mol. The van der Waals surface area contributed by atoms with Crippen LogP contribution in [0.15, 0.2) is 73.2 Å². The third kappa shape index (κ3) is 3.10. The average molecular weight is 332 g/mol. The van der Waals surface area contributed by atoms with E-state index in [4.69, 9.17) is 0 Å². The van der Waals surface area contributed by atoms with E-state index in [1.54, 1.807) is 18.3 Å². The van der Waals surface area contributed by atoms with Crippen LogP contribution in [0.25, 0.3) is 17.0 Å². The van der Waals surface area contributed by atoms with Crippen LogP contribution in [0.2, 0.25) is 0 Å². The standard InChI is InChI=1S/C19H13FN4O/c20-15-6-1-5-14(10-15)18(25)22-16-7-2-4-13(11-16)17-12-24-9-3-8-21-19(24)23-17/h1-12H,(H,22,25). The number of anilines is 1. The Kier molecular flexibility index (Phi) is 3.70. The van der Waals surface area contributed by atoms with Gasteiger partial charge in [-0.25, -0.2) is 14.4 Å². The zero-order chi connectivity index (χ0) is 17.2. The Balaban J connectivity index is 1.62. The topological polar surface area (TPSA) is 59.3 Å². The highest BCUT2D eigenvalue weighted by atomic mass is 19.1. The van der Waals surface area contributed by atoms with Crippen molar-refractivity contribution in [1.82, 2.24) is 14.4 Å². The van der Waals surface area contributed by atoms with Crippen molar-refractivity contribution in [2.75, 3.05) is 5.32 Å².